The van der Waals surface area contributed by atoms with Gasteiger partial charge in [0.05, 0.1) is 22.6 Å². The van der Waals surface area contributed by atoms with E-state index < -0.39 is 0 Å². The number of halogens is 1. The van der Waals surface area contributed by atoms with Gasteiger partial charge < -0.3 is 21.4 Å². The number of hydrogen-bond acceptors (Lipinski definition) is 4. The summed E-state index contributed by atoms with van der Waals surface area (Å²) in [6.07, 6.45) is 14.6. The molecule has 1 aliphatic rings. The van der Waals surface area contributed by atoms with Crippen molar-refractivity contribution in [2.75, 3.05) is 18.0 Å². The highest BCUT2D eigenvalue weighted by molar-refractivity contribution is 5.92. The van der Waals surface area contributed by atoms with Crippen LogP contribution in [-0.2, 0) is 0 Å². The van der Waals surface area contributed by atoms with Gasteiger partial charge >= 0.3 is 0 Å². The molecule has 146 valence electrons. The normalized spacial score (nSPS) is 17.0. The number of aromatic amines is 1. The van der Waals surface area contributed by atoms with E-state index in [1.54, 1.807) is 12.2 Å². The molecule has 0 bridgehead atoms. The zero-order valence-electron chi connectivity index (χ0n) is 15.9. The number of aromatic nitrogens is 2. The smallest absolute Gasteiger partial charge is 0.165 e. The van der Waals surface area contributed by atoms with E-state index >= 15 is 0 Å². The van der Waals surface area contributed by atoms with Crippen molar-refractivity contribution in [1.82, 2.24) is 9.97 Å². The van der Waals surface area contributed by atoms with Gasteiger partial charge in [-0.05, 0) is 36.5 Å². The van der Waals surface area contributed by atoms with Crippen molar-refractivity contribution in [3.05, 3.63) is 71.3 Å². The van der Waals surface area contributed by atoms with Crippen LogP contribution in [0.25, 0.3) is 23.3 Å². The molecule has 1 fully saturated rings. The number of allylic oxidation sites excluding steroid dienone is 5. The van der Waals surface area contributed by atoms with Crippen molar-refractivity contribution in [3.8, 4) is 0 Å². The molecule has 2 aromatic heterocycles. The van der Waals surface area contributed by atoms with E-state index in [0.717, 1.165) is 43.1 Å². The molecule has 1 aliphatic heterocycles. The first-order valence-corrected chi connectivity index (χ1v) is 9.35. The summed E-state index contributed by atoms with van der Waals surface area (Å²) in [5.41, 5.74) is 14.2. The molecule has 0 saturated carbocycles. The maximum absolute atomic E-state index is 14.9. The SMILES string of the molecule is C=C/C=C\C(=C/N)C(=C)/C=c1\c(=C/N)[nH]c2ncc(F)c(N3CCCCC3)c12. The van der Waals surface area contributed by atoms with Crippen molar-refractivity contribution >= 4 is 29.0 Å². The molecule has 3 rings (SSSR count). The van der Waals surface area contributed by atoms with Crippen molar-refractivity contribution in [1.29, 1.82) is 0 Å². The second-order valence-corrected chi connectivity index (χ2v) is 6.73. The van der Waals surface area contributed by atoms with Crippen LogP contribution in [0.4, 0.5) is 10.1 Å². The summed E-state index contributed by atoms with van der Waals surface area (Å²) < 4.78 is 14.9. The molecule has 0 amide bonds. The van der Waals surface area contributed by atoms with Crippen LogP contribution in [0.2, 0.25) is 0 Å². The Morgan fingerprint density at radius 2 is 2.00 bits per heavy atom. The molecule has 28 heavy (non-hydrogen) atoms. The van der Waals surface area contributed by atoms with Crippen LogP contribution in [0.15, 0.2) is 54.9 Å². The number of nitrogens with two attached hydrogens (primary N) is 2. The molecule has 5 N–H and O–H groups in total. The average molecular weight is 379 g/mol. The van der Waals surface area contributed by atoms with Crippen LogP contribution < -0.4 is 26.9 Å². The van der Waals surface area contributed by atoms with Crippen molar-refractivity contribution in [2.24, 2.45) is 11.5 Å². The second-order valence-electron chi connectivity index (χ2n) is 6.73. The summed E-state index contributed by atoms with van der Waals surface area (Å²) in [7, 11) is 0. The van der Waals surface area contributed by atoms with Crippen LogP contribution in [-0.4, -0.2) is 23.1 Å². The van der Waals surface area contributed by atoms with E-state index in [-0.39, 0.29) is 5.82 Å². The molecular weight excluding hydrogens is 353 g/mol. The van der Waals surface area contributed by atoms with Crippen LogP contribution in [0.5, 0.6) is 0 Å². The lowest BCUT2D eigenvalue weighted by Crippen LogP contribution is -2.32. The number of rotatable bonds is 5. The Balaban J connectivity index is 2.27. The molecule has 3 heterocycles. The number of hydrogen-bond donors (Lipinski definition) is 3. The third kappa shape index (κ3) is 3.71. The van der Waals surface area contributed by atoms with Crippen LogP contribution in [0, 0.1) is 5.82 Å². The number of anilines is 1. The van der Waals surface area contributed by atoms with Crippen molar-refractivity contribution < 1.29 is 4.39 Å². The van der Waals surface area contributed by atoms with Gasteiger partial charge in [0.2, 0.25) is 0 Å². The third-order valence-electron chi connectivity index (χ3n) is 4.94. The molecule has 0 radical (unpaired) electrons. The number of H-pyrrole nitrogens is 1. The Hall–Kier alpha value is -3.28. The summed E-state index contributed by atoms with van der Waals surface area (Å²) in [5.74, 6) is -0.335. The predicted molar refractivity (Wildman–Crippen MR) is 115 cm³/mol. The van der Waals surface area contributed by atoms with Gasteiger partial charge in [-0.3, -0.25) is 0 Å². The molecule has 0 aliphatic carbocycles. The van der Waals surface area contributed by atoms with Crippen LogP contribution in [0.3, 0.4) is 0 Å². The minimum absolute atomic E-state index is 0.335. The maximum atomic E-state index is 14.9. The lowest BCUT2D eigenvalue weighted by Gasteiger charge is -2.29. The molecule has 0 unspecified atom stereocenters. The maximum Gasteiger partial charge on any atom is 0.165 e. The third-order valence-corrected chi connectivity index (χ3v) is 4.94. The molecular formula is C22H26FN5. The highest BCUT2D eigenvalue weighted by Gasteiger charge is 2.20. The van der Waals surface area contributed by atoms with E-state index in [1.807, 2.05) is 12.2 Å². The summed E-state index contributed by atoms with van der Waals surface area (Å²) >= 11 is 0. The largest absolute Gasteiger partial charge is 0.404 e. The van der Waals surface area contributed by atoms with Gasteiger partial charge in [-0.25, -0.2) is 9.37 Å². The monoisotopic (exact) mass is 379 g/mol. The van der Waals surface area contributed by atoms with E-state index in [4.69, 9.17) is 11.5 Å². The molecule has 0 atom stereocenters. The molecule has 0 aromatic carbocycles. The first kappa shape index (κ1) is 19.5. The quantitative estimate of drug-likeness (QED) is 0.696. The van der Waals surface area contributed by atoms with Gasteiger partial charge in [0, 0.05) is 30.7 Å². The Morgan fingerprint density at radius 1 is 1.25 bits per heavy atom. The Labute approximate surface area is 163 Å². The average Bonchev–Trinajstić information content (AvgIpc) is 3.06. The number of nitrogens with one attached hydrogen (secondary N) is 1. The van der Waals surface area contributed by atoms with E-state index in [9.17, 15) is 4.39 Å². The molecule has 0 spiro atoms. The zero-order valence-corrected chi connectivity index (χ0v) is 15.9. The van der Waals surface area contributed by atoms with Crippen LogP contribution in [0.1, 0.15) is 19.3 Å². The number of pyridine rings is 1. The topological polar surface area (TPSA) is 84.0 Å². The van der Waals surface area contributed by atoms with Gasteiger partial charge in [0.25, 0.3) is 0 Å². The fourth-order valence-electron chi connectivity index (χ4n) is 3.56. The predicted octanol–water partition coefficient (Wildman–Crippen LogP) is 2.31. The summed E-state index contributed by atoms with van der Waals surface area (Å²) in [6.45, 7) is 9.42. The van der Waals surface area contributed by atoms with Crippen molar-refractivity contribution in [3.63, 3.8) is 0 Å². The number of nitrogens with zero attached hydrogens (tertiary/aromatic N) is 2. The highest BCUT2D eigenvalue weighted by Crippen LogP contribution is 2.28. The number of fused-ring (bicyclic) bond motifs is 1. The summed E-state index contributed by atoms with van der Waals surface area (Å²) in [6, 6.07) is 0. The van der Waals surface area contributed by atoms with Gasteiger partial charge in [0.15, 0.2) is 5.82 Å². The zero-order chi connectivity index (χ0) is 20.1. The van der Waals surface area contributed by atoms with Gasteiger partial charge in [-0.2, -0.15) is 0 Å². The Bertz CT molecular complexity index is 1070. The first-order chi connectivity index (χ1) is 13.6. The van der Waals surface area contributed by atoms with E-state index in [1.165, 1.54) is 18.6 Å². The highest BCUT2D eigenvalue weighted by atomic mass is 19.1. The molecule has 5 nitrogen and oxygen atoms in total. The molecule has 6 heteroatoms. The minimum atomic E-state index is -0.335. The van der Waals surface area contributed by atoms with E-state index in [0.29, 0.717) is 27.6 Å². The second kappa shape index (κ2) is 8.61. The summed E-state index contributed by atoms with van der Waals surface area (Å²) in [4.78, 5) is 9.51. The van der Waals surface area contributed by atoms with Gasteiger partial charge in [0.1, 0.15) is 5.65 Å². The standard InChI is InChI=1S/C22H26FN5/c1-3-4-8-16(12-24)15(2)11-17-19(13-25)27-22-20(17)21(18(23)14-26-22)28-9-6-5-7-10-28/h3-4,8,11-14H,1-2,5-7,9-10,24-25H2,(H,26,27)/b8-4-,16-12+,17-11+,19-13+. The Morgan fingerprint density at radius 3 is 2.64 bits per heavy atom. The Kier molecular flexibility index (Phi) is 5.99. The lowest BCUT2D eigenvalue weighted by atomic mass is 10.0. The van der Waals surface area contributed by atoms with Gasteiger partial charge in [-0.1, -0.05) is 31.4 Å². The minimum Gasteiger partial charge on any atom is -0.404 e. The summed E-state index contributed by atoms with van der Waals surface area (Å²) in [5, 5.41) is 2.13. The van der Waals surface area contributed by atoms with Crippen molar-refractivity contribution in [2.45, 2.75) is 19.3 Å². The lowest BCUT2D eigenvalue weighted by molar-refractivity contribution is 0.557. The van der Waals surface area contributed by atoms with E-state index in [2.05, 4.69) is 28.0 Å². The van der Waals surface area contributed by atoms with Gasteiger partial charge in [-0.15, -0.1) is 0 Å². The fourth-order valence-corrected chi connectivity index (χ4v) is 3.56. The first-order valence-electron chi connectivity index (χ1n) is 9.35. The molecule has 2 aromatic rings. The molecule has 1 saturated heterocycles. The van der Waals surface area contributed by atoms with Crippen LogP contribution >= 0.6 is 0 Å². The number of piperidine rings is 1. The fraction of sp³-hybridized carbons (Fsp3) is 0.227.